The molecule has 0 unspecified atom stereocenters. The van der Waals surface area contributed by atoms with E-state index in [1.807, 2.05) is 24.3 Å². The minimum atomic E-state index is -0.144. The standard InChI is InChI=1S/C13H16N2O2/c1-17-10-13(16)15-9-12-6-3-2-5-11(12)7-4-8-14/h2-3,5-6H,8-10,14H2,1H3,(H,15,16). The molecule has 1 aromatic rings. The maximum atomic E-state index is 11.2. The van der Waals surface area contributed by atoms with Crippen LogP contribution in [-0.2, 0) is 16.1 Å². The number of methoxy groups -OCH3 is 1. The lowest BCUT2D eigenvalue weighted by Gasteiger charge is -2.06. The van der Waals surface area contributed by atoms with E-state index in [1.54, 1.807) is 0 Å². The van der Waals surface area contributed by atoms with E-state index in [0.29, 0.717) is 13.1 Å². The zero-order valence-corrected chi connectivity index (χ0v) is 9.82. The number of benzene rings is 1. The summed E-state index contributed by atoms with van der Waals surface area (Å²) < 4.78 is 4.73. The molecule has 17 heavy (non-hydrogen) atoms. The molecule has 0 aliphatic heterocycles. The Labute approximate surface area is 101 Å². The third-order valence-electron chi connectivity index (χ3n) is 2.09. The molecular weight excluding hydrogens is 216 g/mol. The van der Waals surface area contributed by atoms with Crippen LogP contribution in [0.1, 0.15) is 11.1 Å². The largest absolute Gasteiger partial charge is 0.375 e. The molecule has 3 N–H and O–H groups in total. The van der Waals surface area contributed by atoms with Crippen LogP contribution in [0.5, 0.6) is 0 Å². The molecule has 0 aliphatic carbocycles. The van der Waals surface area contributed by atoms with Crippen molar-refractivity contribution in [1.82, 2.24) is 5.32 Å². The van der Waals surface area contributed by atoms with Gasteiger partial charge in [0.1, 0.15) is 6.61 Å². The quantitative estimate of drug-likeness (QED) is 0.732. The third-order valence-corrected chi connectivity index (χ3v) is 2.09. The zero-order chi connectivity index (χ0) is 12.5. The fraction of sp³-hybridized carbons (Fsp3) is 0.308. The average molecular weight is 232 g/mol. The Hall–Kier alpha value is -1.83. The van der Waals surface area contributed by atoms with E-state index < -0.39 is 0 Å². The van der Waals surface area contributed by atoms with Gasteiger partial charge >= 0.3 is 0 Å². The second kappa shape index (κ2) is 7.44. The van der Waals surface area contributed by atoms with Crippen LogP contribution in [0.2, 0.25) is 0 Å². The van der Waals surface area contributed by atoms with Gasteiger partial charge in [-0.25, -0.2) is 0 Å². The van der Waals surface area contributed by atoms with Gasteiger partial charge < -0.3 is 15.8 Å². The van der Waals surface area contributed by atoms with Crippen molar-refractivity contribution in [3.63, 3.8) is 0 Å². The molecule has 0 radical (unpaired) electrons. The van der Waals surface area contributed by atoms with Gasteiger partial charge in [0, 0.05) is 19.2 Å². The number of amides is 1. The molecule has 0 atom stereocenters. The zero-order valence-electron chi connectivity index (χ0n) is 9.82. The molecule has 0 spiro atoms. The van der Waals surface area contributed by atoms with E-state index >= 15 is 0 Å². The summed E-state index contributed by atoms with van der Waals surface area (Å²) in [7, 11) is 1.49. The Bertz CT molecular complexity index is 433. The van der Waals surface area contributed by atoms with Crippen LogP contribution in [0.3, 0.4) is 0 Å². The van der Waals surface area contributed by atoms with Crippen LogP contribution in [0, 0.1) is 11.8 Å². The first-order chi connectivity index (χ1) is 8.27. The van der Waals surface area contributed by atoms with Crippen molar-refractivity contribution in [3.8, 4) is 11.8 Å². The van der Waals surface area contributed by atoms with E-state index in [9.17, 15) is 4.79 Å². The lowest BCUT2D eigenvalue weighted by Crippen LogP contribution is -2.26. The van der Waals surface area contributed by atoms with Gasteiger partial charge in [0.25, 0.3) is 0 Å². The minimum Gasteiger partial charge on any atom is -0.375 e. The van der Waals surface area contributed by atoms with Crippen LogP contribution in [0.15, 0.2) is 24.3 Å². The van der Waals surface area contributed by atoms with Crippen molar-refractivity contribution in [2.45, 2.75) is 6.54 Å². The summed E-state index contributed by atoms with van der Waals surface area (Å²) in [6.45, 7) is 0.832. The normalized spacial score (nSPS) is 9.29. The number of ether oxygens (including phenoxy) is 1. The Balaban J connectivity index is 2.67. The Kier molecular flexibility index (Phi) is 5.80. The van der Waals surface area contributed by atoms with E-state index in [4.69, 9.17) is 10.5 Å². The Morgan fingerprint density at radius 1 is 1.47 bits per heavy atom. The number of carbonyl (C=O) groups excluding carboxylic acids is 1. The van der Waals surface area contributed by atoms with E-state index in [0.717, 1.165) is 11.1 Å². The number of nitrogens with one attached hydrogen (secondary N) is 1. The summed E-state index contributed by atoms with van der Waals surface area (Å²) in [4.78, 5) is 11.2. The highest BCUT2D eigenvalue weighted by atomic mass is 16.5. The van der Waals surface area contributed by atoms with Crippen LogP contribution >= 0.6 is 0 Å². The van der Waals surface area contributed by atoms with Gasteiger partial charge in [-0.05, 0) is 11.6 Å². The molecule has 4 nitrogen and oxygen atoms in total. The summed E-state index contributed by atoms with van der Waals surface area (Å²) >= 11 is 0. The van der Waals surface area contributed by atoms with E-state index in [-0.39, 0.29) is 12.5 Å². The predicted octanol–water partition coefficient (Wildman–Crippen LogP) is 0.259. The highest BCUT2D eigenvalue weighted by molar-refractivity contribution is 5.77. The van der Waals surface area contributed by atoms with Crippen LogP contribution < -0.4 is 11.1 Å². The summed E-state index contributed by atoms with van der Waals surface area (Å²) in [5, 5.41) is 2.75. The third kappa shape index (κ3) is 4.68. The SMILES string of the molecule is COCC(=O)NCc1ccccc1C#CCN. The molecule has 0 bridgehead atoms. The van der Waals surface area contributed by atoms with Crippen LogP contribution in [0.25, 0.3) is 0 Å². The maximum absolute atomic E-state index is 11.2. The maximum Gasteiger partial charge on any atom is 0.246 e. The Morgan fingerprint density at radius 3 is 2.94 bits per heavy atom. The van der Waals surface area contributed by atoms with Gasteiger partial charge in [-0.2, -0.15) is 0 Å². The summed E-state index contributed by atoms with van der Waals surface area (Å²) in [5.41, 5.74) is 7.18. The lowest BCUT2D eigenvalue weighted by atomic mass is 10.1. The monoisotopic (exact) mass is 232 g/mol. The molecule has 0 fully saturated rings. The van der Waals surface area contributed by atoms with Gasteiger partial charge in [0.05, 0.1) is 6.54 Å². The van der Waals surface area contributed by atoms with E-state index in [2.05, 4.69) is 17.2 Å². The average Bonchev–Trinajstić information content (AvgIpc) is 2.35. The van der Waals surface area contributed by atoms with Crippen molar-refractivity contribution in [3.05, 3.63) is 35.4 Å². The van der Waals surface area contributed by atoms with Crippen LogP contribution in [-0.4, -0.2) is 26.2 Å². The molecular formula is C13H16N2O2. The fourth-order valence-electron chi connectivity index (χ4n) is 1.32. The highest BCUT2D eigenvalue weighted by Gasteiger charge is 2.02. The first-order valence-electron chi connectivity index (χ1n) is 5.30. The summed E-state index contributed by atoms with van der Waals surface area (Å²) in [5.74, 6) is 5.62. The minimum absolute atomic E-state index is 0.0661. The molecule has 4 heteroatoms. The number of hydrogen-bond acceptors (Lipinski definition) is 3. The smallest absolute Gasteiger partial charge is 0.246 e. The highest BCUT2D eigenvalue weighted by Crippen LogP contribution is 2.06. The fourth-order valence-corrected chi connectivity index (χ4v) is 1.32. The lowest BCUT2D eigenvalue weighted by molar-refractivity contribution is -0.124. The molecule has 0 saturated heterocycles. The van der Waals surface area contributed by atoms with Gasteiger partial charge in [-0.15, -0.1) is 0 Å². The molecule has 1 amide bonds. The van der Waals surface area contributed by atoms with Gasteiger partial charge in [-0.3, -0.25) is 4.79 Å². The number of carbonyl (C=O) groups is 1. The molecule has 90 valence electrons. The number of hydrogen-bond donors (Lipinski definition) is 2. The second-order valence-electron chi connectivity index (χ2n) is 3.37. The predicted molar refractivity (Wildman–Crippen MR) is 66.1 cm³/mol. The molecule has 0 aromatic heterocycles. The van der Waals surface area contributed by atoms with Crippen molar-refractivity contribution < 1.29 is 9.53 Å². The molecule has 0 saturated carbocycles. The molecule has 1 aromatic carbocycles. The number of nitrogens with two attached hydrogens (primary N) is 1. The first kappa shape index (κ1) is 13.2. The van der Waals surface area contributed by atoms with Gasteiger partial charge in [0.15, 0.2) is 0 Å². The van der Waals surface area contributed by atoms with Crippen molar-refractivity contribution >= 4 is 5.91 Å². The molecule has 0 heterocycles. The van der Waals surface area contributed by atoms with Gasteiger partial charge in [0.2, 0.25) is 5.91 Å². The number of rotatable bonds is 4. The van der Waals surface area contributed by atoms with Crippen molar-refractivity contribution in [2.75, 3.05) is 20.3 Å². The van der Waals surface area contributed by atoms with Gasteiger partial charge in [-0.1, -0.05) is 30.0 Å². The summed E-state index contributed by atoms with van der Waals surface area (Å²) in [6.07, 6.45) is 0. The van der Waals surface area contributed by atoms with E-state index in [1.165, 1.54) is 7.11 Å². The Morgan fingerprint density at radius 2 is 2.24 bits per heavy atom. The molecule has 0 aliphatic rings. The second-order valence-corrected chi connectivity index (χ2v) is 3.37. The topological polar surface area (TPSA) is 64.3 Å². The van der Waals surface area contributed by atoms with Crippen LogP contribution in [0.4, 0.5) is 0 Å². The van der Waals surface area contributed by atoms with Crippen molar-refractivity contribution in [2.24, 2.45) is 5.73 Å². The van der Waals surface area contributed by atoms with Crippen molar-refractivity contribution in [1.29, 1.82) is 0 Å². The molecule has 1 rings (SSSR count). The first-order valence-corrected chi connectivity index (χ1v) is 5.30. The summed E-state index contributed by atoms with van der Waals surface area (Å²) in [6, 6.07) is 7.64.